The molecular formula is C17H24N2O5. The molecule has 1 aromatic carbocycles. The van der Waals surface area contributed by atoms with Gasteiger partial charge in [0.1, 0.15) is 0 Å². The quantitative estimate of drug-likeness (QED) is 0.810. The highest BCUT2D eigenvalue weighted by Crippen LogP contribution is 2.34. The van der Waals surface area contributed by atoms with E-state index < -0.39 is 0 Å². The summed E-state index contributed by atoms with van der Waals surface area (Å²) in [5.41, 5.74) is 0.692. The number of methoxy groups -OCH3 is 3. The van der Waals surface area contributed by atoms with Gasteiger partial charge in [-0.05, 0) is 19.1 Å². The average molecular weight is 336 g/mol. The van der Waals surface area contributed by atoms with Crippen molar-refractivity contribution in [1.82, 2.24) is 5.32 Å². The van der Waals surface area contributed by atoms with Crippen LogP contribution < -0.4 is 19.7 Å². The molecule has 2 atom stereocenters. The maximum atomic E-state index is 12.3. The van der Waals surface area contributed by atoms with Crippen molar-refractivity contribution in [3.05, 3.63) is 18.2 Å². The molecule has 0 saturated carbocycles. The topological polar surface area (TPSA) is 77.1 Å². The number of carbonyl (C=O) groups excluding carboxylic acids is 2. The molecule has 0 unspecified atom stereocenters. The number of anilines is 1. The Morgan fingerprint density at radius 2 is 2.00 bits per heavy atom. The van der Waals surface area contributed by atoms with Gasteiger partial charge >= 0.3 is 0 Å². The summed E-state index contributed by atoms with van der Waals surface area (Å²) in [6.07, 6.45) is 0.194. The molecule has 1 N–H and O–H groups in total. The van der Waals surface area contributed by atoms with E-state index in [9.17, 15) is 9.59 Å². The van der Waals surface area contributed by atoms with Crippen LogP contribution >= 0.6 is 0 Å². The van der Waals surface area contributed by atoms with Crippen LogP contribution in [0.5, 0.6) is 11.5 Å². The van der Waals surface area contributed by atoms with E-state index in [0.717, 1.165) is 0 Å². The van der Waals surface area contributed by atoms with Gasteiger partial charge in [0.15, 0.2) is 11.5 Å². The lowest BCUT2D eigenvalue weighted by molar-refractivity contribution is -0.127. The molecule has 7 heteroatoms. The largest absolute Gasteiger partial charge is 0.493 e. The fraction of sp³-hybridized carbons (Fsp3) is 0.529. The minimum absolute atomic E-state index is 0.0817. The molecule has 1 fully saturated rings. The van der Waals surface area contributed by atoms with E-state index in [0.29, 0.717) is 30.3 Å². The Morgan fingerprint density at radius 3 is 2.62 bits per heavy atom. The van der Waals surface area contributed by atoms with Crippen LogP contribution in [-0.4, -0.2) is 52.3 Å². The van der Waals surface area contributed by atoms with Gasteiger partial charge in [-0.3, -0.25) is 9.59 Å². The third-order valence-electron chi connectivity index (χ3n) is 3.98. The molecule has 132 valence electrons. The smallest absolute Gasteiger partial charge is 0.227 e. The van der Waals surface area contributed by atoms with Crippen LogP contribution in [0.3, 0.4) is 0 Å². The van der Waals surface area contributed by atoms with Gasteiger partial charge in [0.2, 0.25) is 11.8 Å². The third-order valence-corrected chi connectivity index (χ3v) is 3.98. The highest BCUT2D eigenvalue weighted by molar-refractivity contribution is 6.00. The molecule has 24 heavy (non-hydrogen) atoms. The van der Waals surface area contributed by atoms with Crippen LogP contribution in [0.1, 0.15) is 13.3 Å². The Balaban J connectivity index is 2.08. The number of ether oxygens (including phenoxy) is 3. The second kappa shape index (κ2) is 8.01. The van der Waals surface area contributed by atoms with Crippen LogP contribution in [-0.2, 0) is 14.3 Å². The second-order valence-corrected chi connectivity index (χ2v) is 5.81. The summed E-state index contributed by atoms with van der Waals surface area (Å²) in [6, 6.07) is 5.18. The normalized spacial score (nSPS) is 18.4. The summed E-state index contributed by atoms with van der Waals surface area (Å²) in [7, 11) is 4.68. The predicted octanol–water partition coefficient (Wildman–Crippen LogP) is 1.21. The lowest BCUT2D eigenvalue weighted by atomic mass is 10.1. The number of benzene rings is 1. The summed E-state index contributed by atoms with van der Waals surface area (Å²) < 4.78 is 15.5. The molecule has 1 heterocycles. The molecule has 7 nitrogen and oxygen atoms in total. The molecule has 1 aliphatic rings. The first-order valence-corrected chi connectivity index (χ1v) is 7.81. The van der Waals surface area contributed by atoms with Crippen molar-refractivity contribution in [3.63, 3.8) is 0 Å². The van der Waals surface area contributed by atoms with Gasteiger partial charge in [0, 0.05) is 37.9 Å². The number of amides is 2. The predicted molar refractivity (Wildman–Crippen MR) is 89.5 cm³/mol. The van der Waals surface area contributed by atoms with E-state index in [1.165, 1.54) is 0 Å². The second-order valence-electron chi connectivity index (χ2n) is 5.81. The van der Waals surface area contributed by atoms with Gasteiger partial charge in [-0.1, -0.05) is 0 Å². The van der Waals surface area contributed by atoms with Crippen LogP contribution in [0.2, 0.25) is 0 Å². The summed E-state index contributed by atoms with van der Waals surface area (Å²) in [6.45, 7) is 2.65. The summed E-state index contributed by atoms with van der Waals surface area (Å²) >= 11 is 0. The average Bonchev–Trinajstić information content (AvgIpc) is 2.96. The first kappa shape index (κ1) is 18.1. The van der Waals surface area contributed by atoms with E-state index >= 15 is 0 Å². The van der Waals surface area contributed by atoms with Crippen molar-refractivity contribution in [1.29, 1.82) is 0 Å². The van der Waals surface area contributed by atoms with Gasteiger partial charge in [0.05, 0.1) is 26.7 Å². The van der Waals surface area contributed by atoms with Crippen molar-refractivity contribution in [3.8, 4) is 11.5 Å². The van der Waals surface area contributed by atoms with Crippen LogP contribution in [0.4, 0.5) is 5.69 Å². The number of hydrogen-bond acceptors (Lipinski definition) is 5. The highest BCUT2D eigenvalue weighted by Gasteiger charge is 2.35. The first-order valence-electron chi connectivity index (χ1n) is 7.81. The molecule has 1 saturated heterocycles. The van der Waals surface area contributed by atoms with Crippen molar-refractivity contribution >= 4 is 17.5 Å². The van der Waals surface area contributed by atoms with E-state index in [1.807, 2.05) is 6.92 Å². The van der Waals surface area contributed by atoms with Crippen molar-refractivity contribution in [2.75, 3.05) is 39.4 Å². The SMILES string of the molecule is COC[C@@H](C)NC(=O)[C@@H]1CC(=O)N(c2ccc(OC)c(OC)c2)C1. The number of nitrogens with one attached hydrogen (secondary N) is 1. The molecule has 0 aliphatic carbocycles. The van der Waals surface area contributed by atoms with Crippen molar-refractivity contribution < 1.29 is 23.8 Å². The van der Waals surface area contributed by atoms with Gasteiger partial charge < -0.3 is 24.4 Å². The Bertz CT molecular complexity index is 605. The molecular weight excluding hydrogens is 312 g/mol. The fourth-order valence-electron chi connectivity index (χ4n) is 2.78. The van der Waals surface area contributed by atoms with Gasteiger partial charge in [-0.2, -0.15) is 0 Å². The fourth-order valence-corrected chi connectivity index (χ4v) is 2.78. The van der Waals surface area contributed by atoms with Crippen LogP contribution in [0.15, 0.2) is 18.2 Å². The monoisotopic (exact) mass is 336 g/mol. The minimum atomic E-state index is -0.370. The molecule has 0 aromatic heterocycles. The van der Waals surface area contributed by atoms with Gasteiger partial charge in [-0.25, -0.2) is 0 Å². The minimum Gasteiger partial charge on any atom is -0.493 e. The van der Waals surface area contributed by atoms with Crippen molar-refractivity contribution in [2.24, 2.45) is 5.92 Å². The van der Waals surface area contributed by atoms with E-state index in [1.54, 1.807) is 44.4 Å². The number of nitrogens with zero attached hydrogens (tertiary/aromatic N) is 1. The maximum Gasteiger partial charge on any atom is 0.227 e. The van der Waals surface area contributed by atoms with Crippen LogP contribution in [0.25, 0.3) is 0 Å². The molecule has 0 spiro atoms. The summed E-state index contributed by atoms with van der Waals surface area (Å²) in [5.74, 6) is 0.558. The Hall–Kier alpha value is -2.28. The molecule has 2 rings (SSSR count). The van der Waals surface area contributed by atoms with E-state index in [-0.39, 0.29) is 30.2 Å². The number of hydrogen-bond donors (Lipinski definition) is 1. The summed E-state index contributed by atoms with van der Waals surface area (Å²) in [4.78, 5) is 26.2. The zero-order chi connectivity index (χ0) is 17.7. The van der Waals surface area contributed by atoms with Crippen molar-refractivity contribution in [2.45, 2.75) is 19.4 Å². The van der Waals surface area contributed by atoms with E-state index in [4.69, 9.17) is 14.2 Å². The Labute approximate surface area is 141 Å². The molecule has 1 aromatic rings. The zero-order valence-electron chi connectivity index (χ0n) is 14.5. The molecule has 1 aliphatic heterocycles. The number of rotatable bonds is 7. The zero-order valence-corrected chi connectivity index (χ0v) is 14.5. The number of carbonyl (C=O) groups is 2. The standard InChI is InChI=1S/C17H24N2O5/c1-11(10-22-2)18-17(21)12-7-16(20)19(9-12)13-5-6-14(23-3)15(8-13)24-4/h5-6,8,11-12H,7,9-10H2,1-4H3,(H,18,21)/t11-,12-/m1/s1. The molecule has 2 amide bonds. The van der Waals surface area contributed by atoms with Crippen LogP contribution in [0, 0.1) is 5.92 Å². The maximum absolute atomic E-state index is 12.3. The lowest BCUT2D eigenvalue weighted by Gasteiger charge is -2.19. The lowest BCUT2D eigenvalue weighted by Crippen LogP contribution is -2.40. The summed E-state index contributed by atoms with van der Waals surface area (Å²) in [5, 5.41) is 2.87. The molecule has 0 radical (unpaired) electrons. The Kier molecular flexibility index (Phi) is 6.03. The van der Waals surface area contributed by atoms with Gasteiger partial charge in [-0.15, -0.1) is 0 Å². The Morgan fingerprint density at radius 1 is 1.29 bits per heavy atom. The first-order chi connectivity index (χ1) is 11.5. The van der Waals surface area contributed by atoms with Gasteiger partial charge in [0.25, 0.3) is 0 Å². The van der Waals surface area contributed by atoms with E-state index in [2.05, 4.69) is 5.32 Å². The third kappa shape index (κ3) is 3.97. The highest BCUT2D eigenvalue weighted by atomic mass is 16.5. The molecule has 0 bridgehead atoms.